The number of nitrogens with zero attached hydrogens (tertiary/aromatic N) is 2. The zero-order valence-electron chi connectivity index (χ0n) is 19.6. The topological polar surface area (TPSA) is 122 Å². The van der Waals surface area contributed by atoms with E-state index in [1.54, 1.807) is 12.4 Å². The summed E-state index contributed by atoms with van der Waals surface area (Å²) in [5, 5.41) is 12.9. The van der Waals surface area contributed by atoms with Crippen molar-refractivity contribution < 1.29 is 9.59 Å². The van der Waals surface area contributed by atoms with Crippen molar-refractivity contribution in [3.05, 3.63) is 78.6 Å². The van der Waals surface area contributed by atoms with Crippen molar-refractivity contribution in [3.8, 4) is 0 Å². The lowest BCUT2D eigenvalue weighted by Gasteiger charge is -2.14. The lowest BCUT2D eigenvalue weighted by molar-refractivity contribution is -0.105. The molecule has 8 nitrogen and oxygen atoms in total. The van der Waals surface area contributed by atoms with Crippen LogP contribution in [0.3, 0.4) is 0 Å². The maximum absolute atomic E-state index is 12.4. The minimum atomic E-state index is -0.0626. The van der Waals surface area contributed by atoms with E-state index in [9.17, 15) is 9.59 Å². The minimum Gasteiger partial charge on any atom is -0.350 e. The van der Waals surface area contributed by atoms with Crippen LogP contribution in [0.2, 0.25) is 0 Å². The zero-order chi connectivity index (χ0) is 24.9. The molecule has 35 heavy (non-hydrogen) atoms. The van der Waals surface area contributed by atoms with Gasteiger partial charge in [-0.3, -0.25) is 29.4 Å². The average Bonchev–Trinajstić information content (AvgIpc) is 2.89. The Morgan fingerprint density at radius 1 is 0.971 bits per heavy atom. The predicted molar refractivity (Wildman–Crippen MR) is 144 cm³/mol. The van der Waals surface area contributed by atoms with Gasteiger partial charge in [0.15, 0.2) is 0 Å². The van der Waals surface area contributed by atoms with Crippen molar-refractivity contribution in [2.45, 2.75) is 32.2 Å². The lowest BCUT2D eigenvalue weighted by atomic mass is 10.1. The molecule has 9 heteroatoms. The Balaban J connectivity index is 0.000000223. The molecule has 0 bridgehead atoms. The van der Waals surface area contributed by atoms with Crippen LogP contribution < -0.4 is 20.5 Å². The molecule has 0 saturated carbocycles. The maximum atomic E-state index is 12.4. The van der Waals surface area contributed by atoms with E-state index in [2.05, 4.69) is 25.3 Å². The van der Waals surface area contributed by atoms with Gasteiger partial charge in [-0.1, -0.05) is 42.8 Å². The third-order valence-corrected chi connectivity index (χ3v) is 5.72. The Morgan fingerprint density at radius 3 is 2.34 bits per heavy atom. The Labute approximate surface area is 209 Å². The number of para-hydroxylation sites is 2. The Kier molecular flexibility index (Phi) is 10.4. The van der Waals surface area contributed by atoms with E-state index in [0.29, 0.717) is 12.0 Å². The highest BCUT2D eigenvalue weighted by molar-refractivity contribution is 7.95. The number of amides is 2. The average molecular weight is 491 g/mol. The molecule has 0 saturated heterocycles. The predicted octanol–water partition coefficient (Wildman–Crippen LogP) is 4.44. The number of benzene rings is 2. The number of anilines is 1. The van der Waals surface area contributed by atoms with Gasteiger partial charge in [0.2, 0.25) is 6.41 Å². The summed E-state index contributed by atoms with van der Waals surface area (Å²) in [5.41, 5.74) is 2.94. The van der Waals surface area contributed by atoms with Crippen molar-refractivity contribution >= 4 is 51.9 Å². The highest BCUT2D eigenvalue weighted by Gasteiger charge is 2.13. The van der Waals surface area contributed by atoms with E-state index < -0.39 is 0 Å². The van der Waals surface area contributed by atoms with Crippen LogP contribution in [0.15, 0.2) is 73.1 Å². The van der Waals surface area contributed by atoms with Crippen LogP contribution in [-0.2, 0) is 4.79 Å². The molecular weight excluding hydrogens is 460 g/mol. The summed E-state index contributed by atoms with van der Waals surface area (Å²) in [5.74, 6) is -0.0626. The lowest BCUT2D eigenvalue weighted by Crippen LogP contribution is -2.32. The van der Waals surface area contributed by atoms with E-state index in [1.165, 1.54) is 0 Å². The van der Waals surface area contributed by atoms with Crippen LogP contribution in [0.4, 0.5) is 5.69 Å². The van der Waals surface area contributed by atoms with Gasteiger partial charge < -0.3 is 10.6 Å². The van der Waals surface area contributed by atoms with E-state index >= 15 is 0 Å². The molecule has 0 fully saturated rings. The Morgan fingerprint density at radius 2 is 1.63 bits per heavy atom. The molecule has 4 aromatic rings. The van der Waals surface area contributed by atoms with Crippen LogP contribution in [-0.4, -0.2) is 34.9 Å². The van der Waals surface area contributed by atoms with Crippen molar-refractivity contribution in [1.29, 1.82) is 0 Å². The number of carbonyl (C=O) groups excluding carboxylic acids is 2. The molecule has 1 atom stereocenters. The van der Waals surface area contributed by atoms with Gasteiger partial charge in [0.05, 0.1) is 22.3 Å². The van der Waals surface area contributed by atoms with Crippen LogP contribution in [0, 0.1) is 0 Å². The Bertz CT molecular complexity index is 1240. The minimum absolute atomic E-state index is 0.0626. The molecule has 2 aromatic heterocycles. The SMILES string of the molecule is CC(CCCCNSN)NC(=O)c1cccc2cccnc12.O=CNc1cccc2cccnc12. The molecule has 2 aromatic carbocycles. The Hall–Kier alpha value is -3.53. The summed E-state index contributed by atoms with van der Waals surface area (Å²) in [6.07, 6.45) is 7.11. The molecule has 0 aliphatic heterocycles. The summed E-state index contributed by atoms with van der Waals surface area (Å²) < 4.78 is 3.01. The van der Waals surface area contributed by atoms with Crippen LogP contribution in [0.1, 0.15) is 36.5 Å². The number of hydrogen-bond donors (Lipinski definition) is 4. The van der Waals surface area contributed by atoms with Gasteiger partial charge in [-0.25, -0.2) is 0 Å². The quantitative estimate of drug-likeness (QED) is 0.147. The normalized spacial score (nSPS) is 11.4. The first-order chi connectivity index (χ1) is 17.1. The number of hydrogen-bond acceptors (Lipinski definition) is 7. The van der Waals surface area contributed by atoms with Gasteiger partial charge in [0.1, 0.15) is 0 Å². The zero-order valence-corrected chi connectivity index (χ0v) is 20.4. The number of pyridine rings is 2. The third-order valence-electron chi connectivity index (χ3n) is 5.35. The fourth-order valence-electron chi connectivity index (χ4n) is 3.65. The first kappa shape index (κ1) is 26.1. The van der Waals surface area contributed by atoms with Gasteiger partial charge in [0.25, 0.3) is 5.91 Å². The molecule has 0 spiro atoms. The summed E-state index contributed by atoms with van der Waals surface area (Å²) in [6.45, 7) is 2.91. The molecule has 5 N–H and O–H groups in total. The second-order valence-corrected chi connectivity index (χ2v) is 8.43. The smallest absolute Gasteiger partial charge is 0.253 e. The highest BCUT2D eigenvalue weighted by Crippen LogP contribution is 2.19. The molecule has 2 amide bonds. The number of nitrogens with two attached hydrogens (primary N) is 1. The standard InChI is InChI=1S/C16H22N4OS.C10H8N2O/c1-12(6-2-3-11-19-22-17)20-16(21)14-9-4-7-13-8-5-10-18-15(13)14;13-7-12-9-5-1-3-8-4-2-6-11-10(8)9/h4-5,7-10,12,19H,2-3,6,11,17H2,1H3,(H,20,21);1-7H,(H,12,13). The summed E-state index contributed by atoms with van der Waals surface area (Å²) in [6, 6.07) is 19.1. The van der Waals surface area contributed by atoms with Crippen LogP contribution in [0.5, 0.6) is 0 Å². The van der Waals surface area contributed by atoms with Crippen LogP contribution >= 0.6 is 12.1 Å². The van der Waals surface area contributed by atoms with Crippen molar-refractivity contribution in [1.82, 2.24) is 20.0 Å². The fourth-order valence-corrected chi connectivity index (χ4v) is 3.91. The monoisotopic (exact) mass is 490 g/mol. The number of rotatable bonds is 10. The molecule has 0 radical (unpaired) electrons. The van der Waals surface area contributed by atoms with E-state index in [-0.39, 0.29) is 11.9 Å². The third kappa shape index (κ3) is 7.74. The number of carbonyl (C=O) groups is 2. The summed E-state index contributed by atoms with van der Waals surface area (Å²) in [4.78, 5) is 31.2. The van der Waals surface area contributed by atoms with Crippen molar-refractivity contribution in [2.24, 2.45) is 5.14 Å². The first-order valence-electron chi connectivity index (χ1n) is 11.4. The van der Waals surface area contributed by atoms with E-state index in [4.69, 9.17) is 5.14 Å². The highest BCUT2D eigenvalue weighted by atomic mass is 32.2. The molecule has 0 aliphatic rings. The molecule has 2 heterocycles. The van der Waals surface area contributed by atoms with E-state index in [1.807, 2.05) is 67.6 Å². The number of fused-ring (bicyclic) bond motifs is 2. The van der Waals surface area contributed by atoms with Gasteiger partial charge >= 0.3 is 0 Å². The number of unbranched alkanes of at least 4 members (excludes halogenated alkanes) is 1. The molecule has 182 valence electrons. The van der Waals surface area contributed by atoms with Gasteiger partial charge in [0, 0.05) is 47.9 Å². The number of aromatic nitrogens is 2. The number of nitrogens with one attached hydrogen (secondary N) is 3. The van der Waals surface area contributed by atoms with Crippen molar-refractivity contribution in [3.63, 3.8) is 0 Å². The maximum Gasteiger partial charge on any atom is 0.253 e. The van der Waals surface area contributed by atoms with Gasteiger partial charge in [-0.2, -0.15) is 0 Å². The molecule has 0 aliphatic carbocycles. The van der Waals surface area contributed by atoms with E-state index in [0.717, 1.165) is 65.4 Å². The largest absolute Gasteiger partial charge is 0.350 e. The van der Waals surface area contributed by atoms with Gasteiger partial charge in [-0.15, -0.1) is 0 Å². The van der Waals surface area contributed by atoms with Crippen molar-refractivity contribution in [2.75, 3.05) is 11.9 Å². The van der Waals surface area contributed by atoms with Crippen LogP contribution in [0.25, 0.3) is 21.8 Å². The molecule has 4 rings (SSSR count). The molecule has 1 unspecified atom stereocenters. The second-order valence-electron chi connectivity index (χ2n) is 7.91. The summed E-state index contributed by atoms with van der Waals surface area (Å²) >= 11 is 1.14. The fraction of sp³-hybridized carbons (Fsp3) is 0.231. The summed E-state index contributed by atoms with van der Waals surface area (Å²) in [7, 11) is 0. The first-order valence-corrected chi connectivity index (χ1v) is 12.3. The van der Waals surface area contributed by atoms with Gasteiger partial charge in [-0.05, 0) is 44.0 Å². The molecular formula is C26H30N6O2S. The second kappa shape index (κ2) is 14.0.